The molecule has 0 bridgehead atoms. The molecular weight excluding hydrogens is 593 g/mol. The first-order valence-corrected chi connectivity index (χ1v) is 14.8. The fourth-order valence-electron chi connectivity index (χ4n) is 3.91. The minimum absolute atomic E-state index is 0.124. The lowest BCUT2D eigenvalue weighted by molar-refractivity contribution is -0.137. The first-order valence-electron chi connectivity index (χ1n) is 14.8. The highest BCUT2D eigenvalue weighted by molar-refractivity contribution is 6.02. The van der Waals surface area contributed by atoms with Crippen LogP contribution in [-0.4, -0.2) is 59.1 Å². The molecule has 0 aliphatic rings. The fraction of sp³-hybridized carbons (Fsp3) is 0.441. The predicted molar refractivity (Wildman–Crippen MR) is 171 cm³/mol. The zero-order chi connectivity index (χ0) is 34.8. The minimum atomic E-state index is -1.38. The van der Waals surface area contributed by atoms with Crippen molar-refractivity contribution in [1.82, 2.24) is 21.3 Å². The number of carbonyl (C=O) groups excluding carboxylic acids is 4. The van der Waals surface area contributed by atoms with E-state index in [4.69, 9.17) is 4.74 Å². The van der Waals surface area contributed by atoms with Gasteiger partial charge in [0.2, 0.25) is 17.7 Å². The van der Waals surface area contributed by atoms with E-state index >= 15 is 0 Å². The Morgan fingerprint density at radius 1 is 1.02 bits per heavy atom. The molecule has 0 saturated heterocycles. The number of carbonyl (C=O) groups is 4. The zero-order valence-corrected chi connectivity index (χ0v) is 27.6. The summed E-state index contributed by atoms with van der Waals surface area (Å²) in [5.74, 6) is -2.82. The third kappa shape index (κ3) is 12.0. The quantitative estimate of drug-likeness (QED) is 0.176. The average molecular weight is 638 g/mol. The number of benzene rings is 2. The maximum Gasteiger partial charge on any atom is 0.262 e. The summed E-state index contributed by atoms with van der Waals surface area (Å²) in [6, 6.07) is 10.1. The molecule has 0 aliphatic carbocycles. The highest BCUT2D eigenvalue weighted by Crippen LogP contribution is 2.18. The van der Waals surface area contributed by atoms with Gasteiger partial charge in [-0.05, 0) is 70.0 Å². The van der Waals surface area contributed by atoms with Crippen LogP contribution in [0.1, 0.15) is 65.2 Å². The lowest BCUT2D eigenvalue weighted by atomic mass is 9.94. The molecule has 0 aliphatic heterocycles. The molecule has 0 saturated carbocycles. The highest BCUT2D eigenvalue weighted by atomic mass is 19.1. The van der Waals surface area contributed by atoms with Gasteiger partial charge in [0.15, 0.2) is 0 Å². The summed E-state index contributed by atoms with van der Waals surface area (Å²) in [7, 11) is 0. The van der Waals surface area contributed by atoms with E-state index in [1.165, 1.54) is 25.1 Å². The zero-order valence-electron chi connectivity index (χ0n) is 27.6. The molecule has 0 unspecified atom stereocenters. The average Bonchev–Trinajstić information content (AvgIpc) is 2.94. The van der Waals surface area contributed by atoms with Crippen LogP contribution in [0.25, 0.3) is 6.08 Å². The Morgan fingerprint density at radius 2 is 1.70 bits per heavy atom. The number of amides is 4. The molecule has 4 amide bonds. The van der Waals surface area contributed by atoms with Crippen molar-refractivity contribution < 1.29 is 33.4 Å². The SMILES string of the molecule is Cc1ccc(CNC(=O)[C@H](COc2cccc(C=C(C#N)C(=O)NC(C)(C)C)c2)NC(=O)[C@@H](NC(=O)C(C)(C)C)[C@@H](C)O)c(F)c1. The predicted octanol–water partition coefficient (Wildman–Crippen LogP) is 3.05. The monoisotopic (exact) mass is 637 g/mol. The second-order valence-corrected chi connectivity index (χ2v) is 13.1. The Hall–Kier alpha value is -4.76. The molecule has 11 nitrogen and oxygen atoms in total. The standard InChI is InChI=1S/C34H44FN5O6/c1-20-12-13-23(26(35)14-20)18-37-30(43)27(38-31(44)28(21(2)41)39-32(45)33(3,4)5)19-46-25-11-9-10-22(16-25)15-24(17-36)29(42)40-34(6,7)8/h9-16,21,27-28,41H,18-19H2,1-8H3,(H,37,43)(H,38,44)(H,39,45)(H,40,42)/t21-,27+,28+/m1/s1. The van der Waals surface area contributed by atoms with E-state index in [0.29, 0.717) is 11.1 Å². The topological polar surface area (TPSA) is 170 Å². The van der Waals surface area contributed by atoms with Gasteiger partial charge in [0, 0.05) is 23.1 Å². The van der Waals surface area contributed by atoms with Crippen LogP contribution in [0.4, 0.5) is 4.39 Å². The van der Waals surface area contributed by atoms with Crippen LogP contribution in [0, 0.1) is 29.5 Å². The van der Waals surface area contributed by atoms with Crippen LogP contribution in [-0.2, 0) is 25.7 Å². The van der Waals surface area contributed by atoms with Crippen molar-refractivity contribution in [3.8, 4) is 11.8 Å². The van der Waals surface area contributed by atoms with Crippen molar-refractivity contribution in [2.75, 3.05) is 6.61 Å². The lowest BCUT2D eigenvalue weighted by Gasteiger charge is -2.27. The molecule has 0 aromatic heterocycles. The molecule has 0 heterocycles. The van der Waals surface area contributed by atoms with Crippen molar-refractivity contribution in [1.29, 1.82) is 5.26 Å². The summed E-state index contributed by atoms with van der Waals surface area (Å²) >= 11 is 0. The van der Waals surface area contributed by atoms with Gasteiger partial charge in [-0.25, -0.2) is 4.39 Å². The van der Waals surface area contributed by atoms with Gasteiger partial charge < -0.3 is 31.1 Å². The van der Waals surface area contributed by atoms with Crippen LogP contribution >= 0.6 is 0 Å². The van der Waals surface area contributed by atoms with Crippen LogP contribution in [0.15, 0.2) is 48.0 Å². The van der Waals surface area contributed by atoms with Crippen molar-refractivity contribution in [2.45, 2.75) is 85.7 Å². The molecule has 248 valence electrons. The molecule has 12 heteroatoms. The third-order valence-electron chi connectivity index (χ3n) is 6.47. The minimum Gasteiger partial charge on any atom is -0.491 e. The number of aryl methyl sites for hydroxylation is 1. The van der Waals surface area contributed by atoms with Crippen LogP contribution in [0.2, 0.25) is 0 Å². The number of nitrogens with zero attached hydrogens (tertiary/aromatic N) is 1. The van der Waals surface area contributed by atoms with E-state index in [9.17, 15) is 33.9 Å². The van der Waals surface area contributed by atoms with Gasteiger partial charge in [-0.2, -0.15) is 5.26 Å². The summed E-state index contributed by atoms with van der Waals surface area (Å²) in [5.41, 5.74) is -0.123. The molecule has 3 atom stereocenters. The van der Waals surface area contributed by atoms with Crippen LogP contribution in [0.5, 0.6) is 5.75 Å². The molecule has 46 heavy (non-hydrogen) atoms. The van der Waals surface area contributed by atoms with Crippen molar-refractivity contribution >= 4 is 29.7 Å². The second kappa shape index (κ2) is 16.0. The Labute approximate surface area is 269 Å². The largest absolute Gasteiger partial charge is 0.491 e. The van der Waals surface area contributed by atoms with E-state index in [1.54, 1.807) is 78.8 Å². The van der Waals surface area contributed by atoms with Gasteiger partial charge in [-0.15, -0.1) is 0 Å². The summed E-state index contributed by atoms with van der Waals surface area (Å²) in [4.78, 5) is 51.6. The molecule has 2 rings (SSSR count). The van der Waals surface area contributed by atoms with E-state index in [2.05, 4.69) is 21.3 Å². The van der Waals surface area contributed by atoms with Crippen molar-refractivity contribution in [3.05, 3.63) is 70.5 Å². The number of aliphatic hydroxyl groups excluding tert-OH is 1. The summed E-state index contributed by atoms with van der Waals surface area (Å²) in [5, 5.41) is 30.2. The molecule has 2 aromatic carbocycles. The van der Waals surface area contributed by atoms with E-state index in [0.717, 1.165) is 0 Å². The van der Waals surface area contributed by atoms with Gasteiger partial charge in [-0.3, -0.25) is 19.2 Å². The number of hydrogen-bond donors (Lipinski definition) is 5. The second-order valence-electron chi connectivity index (χ2n) is 13.1. The smallest absolute Gasteiger partial charge is 0.262 e. The molecule has 0 radical (unpaired) electrons. The van der Waals surface area contributed by atoms with Crippen LogP contribution < -0.4 is 26.0 Å². The number of nitriles is 1. The first kappa shape index (κ1) is 37.4. The normalized spacial score (nSPS) is 13.8. The van der Waals surface area contributed by atoms with Gasteiger partial charge in [-0.1, -0.05) is 45.0 Å². The summed E-state index contributed by atoms with van der Waals surface area (Å²) < 4.78 is 20.3. The summed E-state index contributed by atoms with van der Waals surface area (Å²) in [6.45, 7) is 12.8. The van der Waals surface area contributed by atoms with E-state index in [1.807, 2.05) is 6.07 Å². The molecule has 5 N–H and O–H groups in total. The van der Waals surface area contributed by atoms with Crippen molar-refractivity contribution in [2.24, 2.45) is 5.41 Å². The number of aliphatic hydroxyl groups is 1. The Balaban J connectivity index is 2.30. The van der Waals surface area contributed by atoms with Gasteiger partial charge in [0.25, 0.3) is 5.91 Å². The van der Waals surface area contributed by atoms with Crippen LogP contribution in [0.3, 0.4) is 0 Å². The van der Waals surface area contributed by atoms with Gasteiger partial charge in [0.05, 0.1) is 6.10 Å². The number of nitrogens with one attached hydrogen (secondary N) is 4. The van der Waals surface area contributed by atoms with Gasteiger partial charge >= 0.3 is 0 Å². The fourth-order valence-corrected chi connectivity index (χ4v) is 3.91. The number of ether oxygens (including phenoxy) is 1. The number of halogens is 1. The molecule has 0 spiro atoms. The van der Waals surface area contributed by atoms with Crippen molar-refractivity contribution in [3.63, 3.8) is 0 Å². The molecule has 2 aromatic rings. The van der Waals surface area contributed by atoms with Gasteiger partial charge in [0.1, 0.15) is 41.9 Å². The number of hydrogen-bond acceptors (Lipinski definition) is 7. The Bertz CT molecular complexity index is 1500. The maximum absolute atomic E-state index is 14.4. The summed E-state index contributed by atoms with van der Waals surface area (Å²) in [6.07, 6.45) is 0.0899. The Morgan fingerprint density at radius 3 is 2.26 bits per heavy atom. The van der Waals surface area contributed by atoms with E-state index in [-0.39, 0.29) is 23.4 Å². The maximum atomic E-state index is 14.4. The molecular formula is C34H44FN5O6. The third-order valence-corrected chi connectivity index (χ3v) is 6.47. The highest BCUT2D eigenvalue weighted by Gasteiger charge is 2.33. The van der Waals surface area contributed by atoms with E-state index < -0.39 is 65.2 Å². The molecule has 0 fully saturated rings. The first-order chi connectivity index (χ1) is 21.3. The number of rotatable bonds is 12. The lowest BCUT2D eigenvalue weighted by Crippen LogP contribution is -2.59. The Kier molecular flexibility index (Phi) is 13.0.